The third-order valence-electron chi connectivity index (χ3n) is 5.16. The van der Waals surface area contributed by atoms with Crippen molar-refractivity contribution in [3.05, 3.63) is 59.4 Å². The van der Waals surface area contributed by atoms with Crippen LogP contribution in [-0.4, -0.2) is 21.2 Å². The van der Waals surface area contributed by atoms with E-state index in [9.17, 15) is 18.0 Å². The molecule has 0 radical (unpaired) electrons. The molecule has 0 aliphatic heterocycles. The molecular formula is C20H17F3N4O. The zero-order chi connectivity index (χ0) is 19.9. The minimum Gasteiger partial charge on any atom is -0.363 e. The van der Waals surface area contributed by atoms with Gasteiger partial charge in [0.2, 0.25) is 0 Å². The Morgan fingerprint density at radius 3 is 2.61 bits per heavy atom. The fourth-order valence-electron chi connectivity index (χ4n) is 3.27. The lowest BCUT2D eigenvalue weighted by atomic mass is 10.0. The molecule has 4 rings (SSSR count). The summed E-state index contributed by atoms with van der Waals surface area (Å²) in [6, 6.07) is 5.08. The van der Waals surface area contributed by atoms with Gasteiger partial charge in [-0.2, -0.15) is 0 Å². The van der Waals surface area contributed by atoms with Crippen LogP contribution in [0.25, 0.3) is 10.9 Å². The van der Waals surface area contributed by atoms with E-state index < -0.39 is 29.3 Å². The number of halogens is 3. The first-order chi connectivity index (χ1) is 13.4. The van der Waals surface area contributed by atoms with Gasteiger partial charge in [-0.15, -0.1) is 0 Å². The van der Waals surface area contributed by atoms with Crippen LogP contribution in [0.2, 0.25) is 0 Å². The number of fused-ring (bicyclic) bond motifs is 1. The average molecular weight is 386 g/mol. The zero-order valence-corrected chi connectivity index (χ0v) is 15.0. The Morgan fingerprint density at radius 1 is 1.18 bits per heavy atom. The molecular weight excluding hydrogens is 369 g/mol. The molecule has 0 spiro atoms. The van der Waals surface area contributed by atoms with Crippen LogP contribution < -0.4 is 5.32 Å². The molecule has 1 saturated carbocycles. The number of rotatable bonds is 6. The first-order valence-corrected chi connectivity index (χ1v) is 8.86. The number of nitrogens with one attached hydrogen (secondary N) is 1. The number of anilines is 1. The summed E-state index contributed by atoms with van der Waals surface area (Å²) in [6.45, 7) is 1.66. The third kappa shape index (κ3) is 3.08. The number of hydrogen-bond acceptors (Lipinski definition) is 5. The molecule has 3 aromatic rings. The smallest absolute Gasteiger partial charge is 0.266 e. The Bertz CT molecular complexity index is 1050. The third-order valence-corrected chi connectivity index (χ3v) is 5.16. The number of carbonyl (C=O) groups is 1. The van der Waals surface area contributed by atoms with Crippen molar-refractivity contribution in [1.29, 1.82) is 0 Å². The average Bonchev–Trinajstić information content (AvgIpc) is 3.49. The van der Waals surface area contributed by atoms with E-state index in [1.165, 1.54) is 18.5 Å². The molecule has 1 fully saturated rings. The van der Waals surface area contributed by atoms with Gasteiger partial charge in [-0.25, -0.2) is 23.1 Å². The van der Waals surface area contributed by atoms with E-state index in [2.05, 4.69) is 20.3 Å². The summed E-state index contributed by atoms with van der Waals surface area (Å²) >= 11 is 0. The normalized spacial score (nSPS) is 16.2. The Kier molecular flexibility index (Phi) is 4.49. The van der Waals surface area contributed by atoms with Crippen molar-refractivity contribution >= 4 is 23.0 Å². The highest BCUT2D eigenvalue weighted by atomic mass is 19.3. The largest absolute Gasteiger partial charge is 0.363 e. The lowest BCUT2D eigenvalue weighted by molar-refractivity contribution is -0.109. The Morgan fingerprint density at radius 2 is 1.93 bits per heavy atom. The first kappa shape index (κ1) is 18.3. The fraction of sp³-hybridized carbons (Fsp3) is 0.300. The predicted octanol–water partition coefficient (Wildman–Crippen LogP) is 4.51. The number of benzene rings is 1. The van der Waals surface area contributed by atoms with Crippen molar-refractivity contribution in [2.24, 2.45) is 0 Å². The van der Waals surface area contributed by atoms with Gasteiger partial charge in [0.05, 0.1) is 34.4 Å². The summed E-state index contributed by atoms with van der Waals surface area (Å²) in [4.78, 5) is 24.1. The van der Waals surface area contributed by atoms with Gasteiger partial charge in [0.1, 0.15) is 24.2 Å². The molecule has 2 heterocycles. The molecule has 28 heavy (non-hydrogen) atoms. The fourth-order valence-corrected chi connectivity index (χ4v) is 3.27. The molecule has 0 saturated heterocycles. The minimum atomic E-state index is -2.89. The van der Waals surface area contributed by atoms with Crippen LogP contribution in [0.4, 0.5) is 19.0 Å². The minimum absolute atomic E-state index is 0.116. The second-order valence-electron chi connectivity index (χ2n) is 7.00. The molecule has 2 aromatic heterocycles. The van der Waals surface area contributed by atoms with Crippen molar-refractivity contribution < 1.29 is 18.0 Å². The van der Waals surface area contributed by atoms with Crippen molar-refractivity contribution in [2.45, 2.75) is 37.6 Å². The van der Waals surface area contributed by atoms with Crippen LogP contribution in [-0.2, 0) is 10.2 Å². The first-order valence-electron chi connectivity index (χ1n) is 8.86. The molecule has 0 amide bonds. The van der Waals surface area contributed by atoms with Crippen molar-refractivity contribution in [2.75, 3.05) is 5.32 Å². The van der Waals surface area contributed by atoms with Crippen LogP contribution in [0.1, 0.15) is 49.1 Å². The summed E-state index contributed by atoms with van der Waals surface area (Å²) < 4.78 is 40.4. The van der Waals surface area contributed by atoms with Gasteiger partial charge in [-0.3, -0.25) is 4.98 Å². The van der Waals surface area contributed by atoms with E-state index in [1.54, 1.807) is 19.2 Å². The summed E-state index contributed by atoms with van der Waals surface area (Å²) in [7, 11) is 0. The van der Waals surface area contributed by atoms with Crippen molar-refractivity contribution in [3.63, 3.8) is 0 Å². The van der Waals surface area contributed by atoms with Crippen molar-refractivity contribution in [3.8, 4) is 0 Å². The Labute approximate surface area is 159 Å². The van der Waals surface area contributed by atoms with Gasteiger partial charge >= 0.3 is 0 Å². The number of hydrogen-bond donors (Lipinski definition) is 1. The van der Waals surface area contributed by atoms with Gasteiger partial charge in [-0.05, 0) is 25.8 Å². The molecule has 1 N–H and O–H groups in total. The van der Waals surface area contributed by atoms with Crippen LogP contribution in [0.15, 0.2) is 36.8 Å². The molecule has 0 bridgehead atoms. The van der Waals surface area contributed by atoms with Gasteiger partial charge in [0, 0.05) is 10.9 Å². The SMILES string of the molecule is C[C@@H](Nc1ncnc2cnc(C3(C=O)CC3)cc12)c1cccc(C(F)F)c1F. The molecule has 0 unspecified atom stereocenters. The van der Waals surface area contributed by atoms with Gasteiger partial charge in [0.25, 0.3) is 6.43 Å². The van der Waals surface area contributed by atoms with E-state index in [4.69, 9.17) is 0 Å². The Hall–Kier alpha value is -3.03. The number of pyridine rings is 1. The maximum absolute atomic E-state index is 14.5. The highest BCUT2D eigenvalue weighted by Gasteiger charge is 2.45. The molecule has 1 aliphatic carbocycles. The number of nitrogens with zero attached hydrogens (tertiary/aromatic N) is 3. The molecule has 1 aliphatic rings. The standard InChI is InChI=1S/C20H17F3N4O/c1-11(12-3-2-4-13(17(12)21)18(22)23)27-19-14-7-16(20(9-28)5-6-20)24-8-15(14)25-10-26-19/h2-4,7-11,18H,5-6H2,1H3,(H,25,26,27)/t11-/m1/s1. The number of aldehydes is 1. The molecule has 8 heteroatoms. The van der Waals surface area contributed by atoms with Crippen LogP contribution >= 0.6 is 0 Å². The van der Waals surface area contributed by atoms with Gasteiger partial charge in [0.15, 0.2) is 0 Å². The topological polar surface area (TPSA) is 67.8 Å². The quantitative estimate of drug-likeness (QED) is 0.632. The van der Waals surface area contributed by atoms with Crippen LogP contribution in [0, 0.1) is 5.82 Å². The second-order valence-corrected chi connectivity index (χ2v) is 7.00. The monoisotopic (exact) mass is 386 g/mol. The Balaban J connectivity index is 1.71. The summed E-state index contributed by atoms with van der Waals surface area (Å²) in [6.07, 6.45) is 2.42. The summed E-state index contributed by atoms with van der Waals surface area (Å²) in [5.41, 5.74) is 0.144. The van der Waals surface area contributed by atoms with Crippen molar-refractivity contribution in [1.82, 2.24) is 15.0 Å². The van der Waals surface area contributed by atoms with Gasteiger partial charge in [-0.1, -0.05) is 18.2 Å². The number of aromatic nitrogens is 3. The van der Waals surface area contributed by atoms with E-state index >= 15 is 0 Å². The highest BCUT2D eigenvalue weighted by Crippen LogP contribution is 2.46. The highest BCUT2D eigenvalue weighted by molar-refractivity contribution is 5.89. The van der Waals surface area contributed by atoms with E-state index in [1.807, 2.05) is 0 Å². The molecule has 144 valence electrons. The predicted molar refractivity (Wildman–Crippen MR) is 97.7 cm³/mol. The van der Waals surface area contributed by atoms with E-state index in [-0.39, 0.29) is 5.56 Å². The number of carbonyl (C=O) groups excluding carboxylic acids is 1. The second kappa shape index (κ2) is 6.85. The number of alkyl halides is 2. The van der Waals surface area contributed by atoms with Gasteiger partial charge < -0.3 is 10.1 Å². The summed E-state index contributed by atoms with van der Waals surface area (Å²) in [5, 5.41) is 3.71. The summed E-state index contributed by atoms with van der Waals surface area (Å²) in [5.74, 6) is -0.513. The van der Waals surface area contributed by atoms with E-state index in [0.29, 0.717) is 22.4 Å². The molecule has 5 nitrogen and oxygen atoms in total. The molecule has 1 atom stereocenters. The van der Waals surface area contributed by atoms with Crippen LogP contribution in [0.3, 0.4) is 0 Å². The lowest BCUT2D eigenvalue weighted by Gasteiger charge is -2.18. The van der Waals surface area contributed by atoms with Crippen LogP contribution in [0.5, 0.6) is 0 Å². The maximum atomic E-state index is 14.5. The lowest BCUT2D eigenvalue weighted by Crippen LogP contribution is -2.13. The zero-order valence-electron chi connectivity index (χ0n) is 15.0. The van der Waals surface area contributed by atoms with E-state index in [0.717, 1.165) is 25.2 Å². The molecule has 1 aromatic carbocycles. The maximum Gasteiger partial charge on any atom is 0.266 e.